The molecular formula is C13H26N2O. The number of likely N-dealkylation sites (tertiary alicyclic amines) is 1. The third-order valence-corrected chi connectivity index (χ3v) is 4.46. The number of aliphatic hydroxyl groups excluding tert-OH is 1. The Morgan fingerprint density at radius 1 is 1.31 bits per heavy atom. The number of rotatable bonds is 5. The molecule has 0 amide bonds. The van der Waals surface area contributed by atoms with Gasteiger partial charge in [-0.15, -0.1) is 0 Å². The molecular weight excluding hydrogens is 200 g/mol. The average Bonchev–Trinajstić information content (AvgIpc) is 2.89. The number of aliphatic hydroxyl groups is 1. The summed E-state index contributed by atoms with van der Waals surface area (Å²) in [6.45, 7) is 3.87. The second-order valence-electron chi connectivity index (χ2n) is 5.69. The van der Waals surface area contributed by atoms with Crippen LogP contribution in [0.3, 0.4) is 0 Å². The zero-order valence-corrected chi connectivity index (χ0v) is 10.5. The van der Waals surface area contributed by atoms with Crippen molar-refractivity contribution in [2.75, 3.05) is 33.3 Å². The first-order valence-corrected chi connectivity index (χ1v) is 6.79. The van der Waals surface area contributed by atoms with E-state index in [1.54, 1.807) is 0 Å². The topological polar surface area (TPSA) is 35.5 Å². The highest BCUT2D eigenvalue weighted by Gasteiger charge is 2.37. The average molecular weight is 226 g/mol. The number of hydrogen-bond acceptors (Lipinski definition) is 3. The van der Waals surface area contributed by atoms with Crippen molar-refractivity contribution in [1.29, 1.82) is 0 Å². The molecule has 3 heteroatoms. The third kappa shape index (κ3) is 2.58. The van der Waals surface area contributed by atoms with E-state index in [9.17, 15) is 5.11 Å². The zero-order chi connectivity index (χ0) is 11.4. The fourth-order valence-corrected chi connectivity index (χ4v) is 3.63. The molecule has 0 aromatic rings. The molecule has 2 fully saturated rings. The molecule has 1 aliphatic carbocycles. The predicted octanol–water partition coefficient (Wildman–Crippen LogP) is 1.22. The highest BCUT2D eigenvalue weighted by molar-refractivity contribution is 4.92. The second kappa shape index (κ2) is 5.48. The van der Waals surface area contributed by atoms with Gasteiger partial charge in [-0.1, -0.05) is 12.8 Å². The quantitative estimate of drug-likeness (QED) is 0.740. The Bertz CT molecular complexity index is 214. The normalized spacial score (nSPS) is 30.0. The van der Waals surface area contributed by atoms with Gasteiger partial charge >= 0.3 is 0 Å². The first-order chi connectivity index (χ1) is 7.79. The summed E-state index contributed by atoms with van der Waals surface area (Å²) in [4.78, 5) is 2.53. The summed E-state index contributed by atoms with van der Waals surface area (Å²) in [7, 11) is 2.06. The summed E-state index contributed by atoms with van der Waals surface area (Å²) >= 11 is 0. The van der Waals surface area contributed by atoms with Crippen molar-refractivity contribution < 1.29 is 5.11 Å². The van der Waals surface area contributed by atoms with Crippen LogP contribution >= 0.6 is 0 Å². The minimum atomic E-state index is 0.343. The fraction of sp³-hybridized carbons (Fsp3) is 1.00. The first-order valence-electron chi connectivity index (χ1n) is 6.79. The van der Waals surface area contributed by atoms with E-state index in [1.165, 1.54) is 51.6 Å². The van der Waals surface area contributed by atoms with E-state index in [0.717, 1.165) is 6.54 Å². The van der Waals surface area contributed by atoms with Gasteiger partial charge in [-0.25, -0.2) is 0 Å². The van der Waals surface area contributed by atoms with Gasteiger partial charge in [-0.05, 0) is 44.7 Å². The van der Waals surface area contributed by atoms with Crippen LogP contribution in [0.25, 0.3) is 0 Å². The van der Waals surface area contributed by atoms with Gasteiger partial charge in [-0.2, -0.15) is 0 Å². The summed E-state index contributed by atoms with van der Waals surface area (Å²) in [6, 6.07) is 0.439. The minimum absolute atomic E-state index is 0.343. The Kier molecular flexibility index (Phi) is 4.22. The van der Waals surface area contributed by atoms with Crippen molar-refractivity contribution in [2.45, 2.75) is 44.6 Å². The smallest absolute Gasteiger partial charge is 0.0586 e. The maximum Gasteiger partial charge on any atom is 0.0586 e. The van der Waals surface area contributed by atoms with Crippen molar-refractivity contribution in [3.63, 3.8) is 0 Å². The lowest BCUT2D eigenvalue weighted by Crippen LogP contribution is -2.44. The highest BCUT2D eigenvalue weighted by Crippen LogP contribution is 2.39. The molecule has 0 spiro atoms. The van der Waals surface area contributed by atoms with Gasteiger partial charge in [-0.3, -0.25) is 4.90 Å². The molecule has 1 atom stereocenters. The molecule has 1 heterocycles. The van der Waals surface area contributed by atoms with Gasteiger partial charge in [0.15, 0.2) is 0 Å². The van der Waals surface area contributed by atoms with Crippen LogP contribution in [0.1, 0.15) is 38.5 Å². The fourth-order valence-electron chi connectivity index (χ4n) is 3.63. The Labute approximate surface area is 99.2 Å². The minimum Gasteiger partial charge on any atom is -0.395 e. The van der Waals surface area contributed by atoms with E-state index in [2.05, 4.69) is 17.3 Å². The second-order valence-corrected chi connectivity index (χ2v) is 5.69. The molecule has 0 radical (unpaired) electrons. The first kappa shape index (κ1) is 12.3. The SMILES string of the molecule is CNCC1(CN2CCCC2CO)CCCC1. The standard InChI is InChI=1S/C13H26N2O/c1-14-10-13(6-2-3-7-13)11-15-8-4-5-12(15)9-16/h12,14,16H,2-11H2,1H3. The molecule has 1 saturated heterocycles. The third-order valence-electron chi connectivity index (χ3n) is 4.46. The van der Waals surface area contributed by atoms with Crippen LogP contribution in [0.2, 0.25) is 0 Å². The molecule has 3 nitrogen and oxygen atoms in total. The molecule has 94 valence electrons. The van der Waals surface area contributed by atoms with Crippen molar-refractivity contribution in [2.24, 2.45) is 5.41 Å². The Morgan fingerprint density at radius 2 is 2.06 bits per heavy atom. The van der Waals surface area contributed by atoms with Crippen LogP contribution in [0.4, 0.5) is 0 Å². The number of hydrogen-bond donors (Lipinski definition) is 2. The van der Waals surface area contributed by atoms with E-state index < -0.39 is 0 Å². The maximum atomic E-state index is 9.37. The summed E-state index contributed by atoms with van der Waals surface area (Å²) < 4.78 is 0. The van der Waals surface area contributed by atoms with Gasteiger partial charge in [0.05, 0.1) is 6.61 Å². The molecule has 0 aromatic carbocycles. The van der Waals surface area contributed by atoms with Gasteiger partial charge in [0.2, 0.25) is 0 Å². The summed E-state index contributed by atoms with van der Waals surface area (Å²) in [5, 5.41) is 12.7. The summed E-state index contributed by atoms with van der Waals surface area (Å²) in [5.41, 5.74) is 0.493. The van der Waals surface area contributed by atoms with Crippen molar-refractivity contribution >= 4 is 0 Å². The van der Waals surface area contributed by atoms with Gasteiger partial charge in [0.1, 0.15) is 0 Å². The molecule has 1 saturated carbocycles. The molecule has 2 N–H and O–H groups in total. The lowest BCUT2D eigenvalue weighted by atomic mass is 9.85. The molecule has 0 bridgehead atoms. The molecule has 16 heavy (non-hydrogen) atoms. The van der Waals surface area contributed by atoms with Crippen LogP contribution < -0.4 is 5.32 Å². The Morgan fingerprint density at radius 3 is 2.69 bits per heavy atom. The van der Waals surface area contributed by atoms with E-state index in [-0.39, 0.29) is 0 Å². The lowest BCUT2D eigenvalue weighted by Gasteiger charge is -2.36. The van der Waals surface area contributed by atoms with E-state index >= 15 is 0 Å². The summed E-state index contributed by atoms with van der Waals surface area (Å²) in [5.74, 6) is 0. The molecule has 1 aliphatic heterocycles. The Hall–Kier alpha value is -0.120. The number of nitrogens with one attached hydrogen (secondary N) is 1. The highest BCUT2D eigenvalue weighted by atomic mass is 16.3. The van der Waals surface area contributed by atoms with Crippen LogP contribution in [0, 0.1) is 5.41 Å². The molecule has 2 aliphatic rings. The molecule has 0 aromatic heterocycles. The predicted molar refractivity (Wildman–Crippen MR) is 66.5 cm³/mol. The molecule has 1 unspecified atom stereocenters. The van der Waals surface area contributed by atoms with Crippen molar-refractivity contribution in [3.05, 3.63) is 0 Å². The van der Waals surface area contributed by atoms with Crippen molar-refractivity contribution in [1.82, 2.24) is 10.2 Å². The summed E-state index contributed by atoms with van der Waals surface area (Å²) in [6.07, 6.45) is 7.95. The van der Waals surface area contributed by atoms with Crippen molar-refractivity contribution in [3.8, 4) is 0 Å². The van der Waals surface area contributed by atoms with E-state index in [1.807, 2.05) is 0 Å². The van der Waals surface area contributed by atoms with E-state index in [4.69, 9.17) is 0 Å². The van der Waals surface area contributed by atoms with Crippen LogP contribution in [0.15, 0.2) is 0 Å². The zero-order valence-electron chi connectivity index (χ0n) is 10.5. The van der Waals surface area contributed by atoms with E-state index in [0.29, 0.717) is 18.1 Å². The molecule has 2 rings (SSSR count). The number of nitrogens with zero attached hydrogens (tertiary/aromatic N) is 1. The maximum absolute atomic E-state index is 9.37. The van der Waals surface area contributed by atoms with Gasteiger partial charge < -0.3 is 10.4 Å². The van der Waals surface area contributed by atoms with Crippen LogP contribution in [0.5, 0.6) is 0 Å². The Balaban J connectivity index is 1.94. The van der Waals surface area contributed by atoms with Crippen LogP contribution in [-0.4, -0.2) is 49.3 Å². The van der Waals surface area contributed by atoms with Crippen LogP contribution in [-0.2, 0) is 0 Å². The van der Waals surface area contributed by atoms with Gasteiger partial charge in [0.25, 0.3) is 0 Å². The monoisotopic (exact) mass is 226 g/mol. The van der Waals surface area contributed by atoms with Gasteiger partial charge in [0, 0.05) is 19.1 Å². The lowest BCUT2D eigenvalue weighted by molar-refractivity contribution is 0.103. The largest absolute Gasteiger partial charge is 0.395 e.